The molecule has 0 aromatic carbocycles. The normalized spacial score (nSPS) is 29.2. The van der Waals surface area contributed by atoms with Crippen molar-refractivity contribution in [3.05, 3.63) is 18.4 Å². The molecule has 0 amide bonds. The van der Waals surface area contributed by atoms with Gasteiger partial charge in [-0.25, -0.2) is 0 Å². The zero-order valence-corrected chi connectivity index (χ0v) is 6.26. The second-order valence-electron chi connectivity index (χ2n) is 2.39. The Hall–Kier alpha value is -1.18. The van der Waals surface area contributed by atoms with E-state index in [1.54, 1.807) is 7.05 Å². The summed E-state index contributed by atoms with van der Waals surface area (Å²) in [5.41, 5.74) is 2.50. The summed E-state index contributed by atoms with van der Waals surface area (Å²) in [5.74, 6) is -1.03. The van der Waals surface area contributed by atoms with Gasteiger partial charge in [-0.2, -0.15) is 0 Å². The van der Waals surface area contributed by atoms with Gasteiger partial charge < -0.3 is 5.32 Å². The Labute approximate surface area is 64.8 Å². The predicted octanol–water partition coefficient (Wildman–Crippen LogP) is -0.317. The van der Waals surface area contributed by atoms with Crippen LogP contribution in [-0.2, 0) is 9.59 Å². The lowest BCUT2D eigenvalue weighted by Crippen LogP contribution is -2.58. The fraction of sp³-hybridized carbons (Fsp3) is 0.375. The topological polar surface area (TPSA) is 46.2 Å². The highest BCUT2D eigenvalue weighted by atomic mass is 16.2. The van der Waals surface area contributed by atoms with Crippen LogP contribution in [0.4, 0.5) is 0 Å². The van der Waals surface area contributed by atoms with Crippen molar-refractivity contribution in [3.8, 4) is 0 Å². The lowest BCUT2D eigenvalue weighted by Gasteiger charge is -2.29. The maximum Gasteiger partial charge on any atom is 0.217 e. The molecule has 1 aliphatic carbocycles. The second kappa shape index (κ2) is 2.82. The highest BCUT2D eigenvalue weighted by Gasteiger charge is 2.46. The highest BCUT2D eigenvalue weighted by Crippen LogP contribution is 2.20. The summed E-state index contributed by atoms with van der Waals surface area (Å²) < 4.78 is 0. The summed E-state index contributed by atoms with van der Waals surface area (Å²) in [5, 5.41) is 2.75. The number of hydrogen-bond acceptors (Lipinski definition) is 3. The van der Waals surface area contributed by atoms with Crippen molar-refractivity contribution in [1.82, 2.24) is 5.32 Å². The van der Waals surface area contributed by atoms with E-state index in [4.69, 9.17) is 0 Å². The van der Waals surface area contributed by atoms with E-state index in [1.807, 2.05) is 0 Å². The minimum atomic E-state index is -0.350. The molecule has 1 saturated carbocycles. The number of carbonyl (C=O) groups is 2. The van der Waals surface area contributed by atoms with Gasteiger partial charge in [0.15, 0.2) is 0 Å². The third-order valence-corrected chi connectivity index (χ3v) is 1.80. The van der Waals surface area contributed by atoms with Gasteiger partial charge in [0.05, 0.1) is 12.0 Å². The summed E-state index contributed by atoms with van der Waals surface area (Å²) in [4.78, 5) is 21.6. The highest BCUT2D eigenvalue weighted by molar-refractivity contribution is 6.47. The van der Waals surface area contributed by atoms with Gasteiger partial charge in [-0.1, -0.05) is 6.58 Å². The van der Waals surface area contributed by atoms with Crippen molar-refractivity contribution in [3.63, 3.8) is 0 Å². The van der Waals surface area contributed by atoms with E-state index < -0.39 is 0 Å². The van der Waals surface area contributed by atoms with Crippen LogP contribution >= 0.6 is 0 Å². The van der Waals surface area contributed by atoms with Gasteiger partial charge in [-0.3, -0.25) is 9.59 Å². The molecule has 0 heterocycles. The maximum atomic E-state index is 10.8. The van der Waals surface area contributed by atoms with Crippen LogP contribution in [0.15, 0.2) is 18.4 Å². The Morgan fingerprint density at radius 2 is 2.18 bits per heavy atom. The molecule has 0 bridgehead atoms. The average molecular weight is 151 g/mol. The molecule has 3 nitrogen and oxygen atoms in total. The van der Waals surface area contributed by atoms with Gasteiger partial charge in [-0.15, -0.1) is 5.73 Å². The fourth-order valence-corrected chi connectivity index (χ4v) is 1.15. The van der Waals surface area contributed by atoms with Crippen LogP contribution in [0.3, 0.4) is 0 Å². The Bertz CT molecular complexity index is 251. The summed E-state index contributed by atoms with van der Waals surface area (Å²) in [7, 11) is 1.65. The molecule has 1 fully saturated rings. The minimum Gasteiger partial charge on any atom is -0.309 e. The van der Waals surface area contributed by atoms with Gasteiger partial charge in [0.1, 0.15) is 0 Å². The molecule has 1 aliphatic rings. The molecule has 0 aromatic heterocycles. The van der Waals surface area contributed by atoms with Crippen LogP contribution in [0.5, 0.6) is 0 Å². The van der Waals surface area contributed by atoms with Crippen LogP contribution in [0.2, 0.25) is 0 Å². The van der Waals surface area contributed by atoms with E-state index in [9.17, 15) is 9.59 Å². The molecule has 0 spiro atoms. The van der Waals surface area contributed by atoms with Crippen molar-refractivity contribution < 1.29 is 9.59 Å². The van der Waals surface area contributed by atoms with E-state index in [1.165, 1.54) is 6.08 Å². The molecule has 0 radical (unpaired) electrons. The first-order chi connectivity index (χ1) is 5.22. The summed E-state index contributed by atoms with van der Waals surface area (Å²) in [6, 6.07) is -0.350. The third kappa shape index (κ3) is 1.04. The summed E-state index contributed by atoms with van der Waals surface area (Å²) in [6.45, 7) is 3.34. The van der Waals surface area contributed by atoms with E-state index >= 15 is 0 Å². The number of Topliss-reactive ketones (excluding diaryl/α,β-unsaturated/α-hetero) is 2. The smallest absolute Gasteiger partial charge is 0.217 e. The number of likely N-dealkylation sites (N-methyl/N-ethyl adjacent to an activating group) is 1. The number of hydrogen-bond donors (Lipinski definition) is 1. The molecule has 3 heteroatoms. The Kier molecular flexibility index (Phi) is 2.03. The predicted molar refractivity (Wildman–Crippen MR) is 40.1 cm³/mol. The van der Waals surface area contributed by atoms with Crippen LogP contribution in [0.25, 0.3) is 0 Å². The average Bonchev–Trinajstić information content (AvgIpc) is 2.04. The van der Waals surface area contributed by atoms with Crippen molar-refractivity contribution in [2.45, 2.75) is 6.04 Å². The molecule has 0 aliphatic heterocycles. The Balaban J connectivity index is 2.75. The second-order valence-corrected chi connectivity index (χ2v) is 2.39. The zero-order valence-electron chi connectivity index (χ0n) is 6.26. The molecular weight excluding hydrogens is 142 g/mol. The standard InChI is InChI=1S/C8H9NO2/c1-3-4-5-6(9-2)8(11)7(5)10/h4-6,9H,1H2,2H3. The quantitative estimate of drug-likeness (QED) is 0.434. The zero-order chi connectivity index (χ0) is 8.43. The molecule has 0 saturated heterocycles. The fourth-order valence-electron chi connectivity index (χ4n) is 1.15. The molecule has 1 N–H and O–H groups in total. The number of nitrogens with one attached hydrogen (secondary N) is 1. The van der Waals surface area contributed by atoms with Gasteiger partial charge in [0, 0.05) is 0 Å². The largest absolute Gasteiger partial charge is 0.309 e. The monoisotopic (exact) mass is 151 g/mol. The minimum absolute atomic E-state index is 0.343. The molecule has 1 rings (SSSR count). The van der Waals surface area contributed by atoms with Crippen LogP contribution in [-0.4, -0.2) is 24.7 Å². The van der Waals surface area contributed by atoms with Crippen molar-refractivity contribution in [2.24, 2.45) is 5.92 Å². The third-order valence-electron chi connectivity index (χ3n) is 1.80. The Morgan fingerprint density at radius 3 is 2.64 bits per heavy atom. The van der Waals surface area contributed by atoms with Crippen LogP contribution in [0.1, 0.15) is 0 Å². The SMILES string of the molecule is C=C=CC1C(=O)C(=O)C1NC. The van der Waals surface area contributed by atoms with E-state index in [0.29, 0.717) is 0 Å². The molecule has 58 valence electrons. The van der Waals surface area contributed by atoms with Gasteiger partial charge >= 0.3 is 0 Å². The maximum absolute atomic E-state index is 10.8. The first kappa shape index (κ1) is 7.92. The van der Waals surface area contributed by atoms with E-state index in [2.05, 4.69) is 17.6 Å². The van der Waals surface area contributed by atoms with Crippen LogP contribution < -0.4 is 5.32 Å². The summed E-state index contributed by atoms with van der Waals surface area (Å²) in [6.07, 6.45) is 1.52. The van der Waals surface area contributed by atoms with Gasteiger partial charge in [0.25, 0.3) is 0 Å². The molecular formula is C8H9NO2. The van der Waals surface area contributed by atoms with Crippen molar-refractivity contribution in [1.29, 1.82) is 0 Å². The van der Waals surface area contributed by atoms with E-state index in [0.717, 1.165) is 0 Å². The lowest BCUT2D eigenvalue weighted by molar-refractivity contribution is -0.147. The Morgan fingerprint density at radius 1 is 1.55 bits per heavy atom. The van der Waals surface area contributed by atoms with Crippen molar-refractivity contribution >= 4 is 11.6 Å². The number of ketones is 2. The van der Waals surface area contributed by atoms with Crippen LogP contribution in [0, 0.1) is 5.92 Å². The first-order valence-electron chi connectivity index (χ1n) is 3.33. The summed E-state index contributed by atoms with van der Waals surface area (Å²) >= 11 is 0. The molecule has 2 unspecified atom stereocenters. The lowest BCUT2D eigenvalue weighted by atomic mass is 9.77. The number of rotatable bonds is 2. The van der Waals surface area contributed by atoms with Gasteiger partial charge in [0.2, 0.25) is 11.6 Å². The molecule has 0 aromatic rings. The molecule has 11 heavy (non-hydrogen) atoms. The number of carbonyl (C=O) groups excluding carboxylic acids is 2. The van der Waals surface area contributed by atoms with Gasteiger partial charge in [-0.05, 0) is 13.1 Å². The first-order valence-corrected chi connectivity index (χ1v) is 3.33. The molecule has 2 atom stereocenters. The van der Waals surface area contributed by atoms with E-state index in [-0.39, 0.29) is 23.5 Å². The van der Waals surface area contributed by atoms with Crippen molar-refractivity contribution in [2.75, 3.05) is 7.05 Å².